The molecule has 32 heavy (non-hydrogen) atoms. The van der Waals surface area contributed by atoms with E-state index in [2.05, 4.69) is 0 Å². The van der Waals surface area contributed by atoms with E-state index in [0.29, 0.717) is 27.6 Å². The van der Waals surface area contributed by atoms with Crippen LogP contribution in [0.4, 0.5) is 10.1 Å². The summed E-state index contributed by atoms with van der Waals surface area (Å²) in [4.78, 5) is 16.2. The lowest BCUT2D eigenvalue weighted by Crippen LogP contribution is -2.30. The van der Waals surface area contributed by atoms with Crippen LogP contribution in [-0.2, 0) is 11.4 Å². The van der Waals surface area contributed by atoms with Gasteiger partial charge in [-0.05, 0) is 54.2 Å². The molecule has 1 heterocycles. The Bertz CT molecular complexity index is 1210. The van der Waals surface area contributed by atoms with Crippen LogP contribution in [0.3, 0.4) is 0 Å². The van der Waals surface area contributed by atoms with Gasteiger partial charge in [-0.15, -0.1) is 0 Å². The van der Waals surface area contributed by atoms with Crippen LogP contribution in [0.1, 0.15) is 11.1 Å². The van der Waals surface area contributed by atoms with Crippen LogP contribution < -0.4 is 9.64 Å². The van der Waals surface area contributed by atoms with Gasteiger partial charge in [-0.25, -0.2) is 4.39 Å². The minimum atomic E-state index is -0.372. The van der Waals surface area contributed by atoms with E-state index in [0.717, 1.165) is 0 Å². The molecule has 1 saturated heterocycles. The summed E-state index contributed by atoms with van der Waals surface area (Å²) >= 11 is 18.2. The van der Waals surface area contributed by atoms with Gasteiger partial charge in [-0.1, -0.05) is 59.6 Å². The summed E-state index contributed by atoms with van der Waals surface area (Å²) < 4.78 is 19.5. The third kappa shape index (κ3) is 4.35. The molecule has 1 amide bonds. The van der Waals surface area contributed by atoms with E-state index in [1.807, 2.05) is 30.3 Å². The number of carbonyl (C=O) groups excluding carboxylic acids is 1. The van der Waals surface area contributed by atoms with Gasteiger partial charge in [0.15, 0.2) is 10.9 Å². The Morgan fingerprint density at radius 2 is 1.66 bits per heavy atom. The number of benzene rings is 3. The number of halogens is 3. The van der Waals surface area contributed by atoms with Gasteiger partial charge in [-0.3, -0.25) is 9.69 Å². The van der Waals surface area contributed by atoms with E-state index in [1.165, 1.54) is 11.0 Å². The molecule has 3 aromatic carbocycles. The molecule has 1 fully saturated rings. The van der Waals surface area contributed by atoms with E-state index < -0.39 is 0 Å². The SMILES string of the molecule is CN1C(=S)N(c2ccccc2)C(=O)C1=Cc1cc(Cl)c(OCc2ccccc2F)c(Cl)c1. The monoisotopic (exact) mass is 486 g/mol. The van der Waals surface area contributed by atoms with E-state index in [1.54, 1.807) is 48.4 Å². The predicted molar refractivity (Wildman–Crippen MR) is 129 cm³/mol. The third-order valence-corrected chi connectivity index (χ3v) is 5.95. The molecule has 0 saturated carbocycles. The van der Waals surface area contributed by atoms with Crippen LogP contribution in [0, 0.1) is 5.82 Å². The number of para-hydroxylation sites is 1. The lowest BCUT2D eigenvalue weighted by molar-refractivity contribution is -0.114. The zero-order chi connectivity index (χ0) is 22.8. The highest BCUT2D eigenvalue weighted by molar-refractivity contribution is 7.80. The molecule has 0 bridgehead atoms. The van der Waals surface area contributed by atoms with Gasteiger partial charge in [0.1, 0.15) is 18.1 Å². The molecule has 1 aliphatic heterocycles. The Kier molecular flexibility index (Phi) is 6.46. The van der Waals surface area contributed by atoms with Crippen molar-refractivity contribution >= 4 is 58.2 Å². The molecule has 4 rings (SSSR count). The molecule has 3 aromatic rings. The van der Waals surface area contributed by atoms with Crippen molar-refractivity contribution in [3.63, 3.8) is 0 Å². The second-order valence-corrected chi connectivity index (χ2v) is 8.22. The highest BCUT2D eigenvalue weighted by atomic mass is 35.5. The largest absolute Gasteiger partial charge is 0.486 e. The average Bonchev–Trinajstić information content (AvgIpc) is 2.98. The van der Waals surface area contributed by atoms with E-state index in [4.69, 9.17) is 40.2 Å². The number of hydrogen-bond donors (Lipinski definition) is 0. The topological polar surface area (TPSA) is 32.8 Å². The molecular formula is C24H17Cl2FN2O2S. The van der Waals surface area contributed by atoms with Crippen LogP contribution in [0.15, 0.2) is 72.4 Å². The fraction of sp³-hybridized carbons (Fsp3) is 0.0833. The van der Waals surface area contributed by atoms with Crippen LogP contribution in [-0.4, -0.2) is 23.0 Å². The fourth-order valence-electron chi connectivity index (χ4n) is 3.29. The van der Waals surface area contributed by atoms with Crippen molar-refractivity contribution < 1.29 is 13.9 Å². The Morgan fingerprint density at radius 3 is 2.31 bits per heavy atom. The van der Waals surface area contributed by atoms with Crippen LogP contribution >= 0.6 is 35.4 Å². The zero-order valence-corrected chi connectivity index (χ0v) is 19.2. The number of amides is 1. The van der Waals surface area contributed by atoms with Gasteiger partial charge in [0.25, 0.3) is 5.91 Å². The fourth-order valence-corrected chi connectivity index (χ4v) is 4.18. The third-order valence-electron chi connectivity index (χ3n) is 4.93. The summed E-state index contributed by atoms with van der Waals surface area (Å²) in [6, 6.07) is 18.7. The summed E-state index contributed by atoms with van der Waals surface area (Å²) in [5.41, 5.74) is 2.06. The quantitative estimate of drug-likeness (QED) is 0.312. The molecule has 0 aliphatic carbocycles. The molecule has 0 N–H and O–H groups in total. The van der Waals surface area contributed by atoms with Gasteiger partial charge in [-0.2, -0.15) is 0 Å². The highest BCUT2D eigenvalue weighted by Gasteiger charge is 2.36. The van der Waals surface area contributed by atoms with Crippen molar-refractivity contribution in [3.05, 3.63) is 99.4 Å². The summed E-state index contributed by atoms with van der Waals surface area (Å²) in [6.07, 6.45) is 1.66. The molecule has 1 aliphatic rings. The van der Waals surface area contributed by atoms with Gasteiger partial charge in [0, 0.05) is 12.6 Å². The van der Waals surface area contributed by atoms with Crippen molar-refractivity contribution in [1.29, 1.82) is 0 Å². The summed E-state index contributed by atoms with van der Waals surface area (Å²) in [5.74, 6) is -0.384. The number of carbonyl (C=O) groups is 1. The normalized spacial score (nSPS) is 15.1. The van der Waals surface area contributed by atoms with Crippen molar-refractivity contribution in [1.82, 2.24) is 4.90 Å². The first-order valence-electron chi connectivity index (χ1n) is 9.61. The maximum Gasteiger partial charge on any atom is 0.281 e. The minimum Gasteiger partial charge on any atom is -0.486 e. The Hall–Kier alpha value is -2.93. The van der Waals surface area contributed by atoms with Crippen molar-refractivity contribution in [2.45, 2.75) is 6.61 Å². The number of hydrogen-bond acceptors (Lipinski definition) is 3. The Labute approximate surface area is 200 Å². The second-order valence-electron chi connectivity index (χ2n) is 7.04. The molecule has 0 spiro atoms. The lowest BCUT2D eigenvalue weighted by atomic mass is 10.1. The number of nitrogens with zero attached hydrogens (tertiary/aromatic N) is 2. The summed E-state index contributed by atoms with van der Waals surface area (Å²) in [6.45, 7) is -0.0198. The predicted octanol–water partition coefficient (Wildman–Crippen LogP) is 6.32. The standard InChI is InChI=1S/C24H17Cl2FN2O2S/c1-28-21(23(30)29(24(28)32)17-8-3-2-4-9-17)13-15-11-18(25)22(19(26)12-15)31-14-16-7-5-6-10-20(16)27/h2-13H,14H2,1H3. The molecule has 162 valence electrons. The van der Waals surface area contributed by atoms with Crippen LogP contribution in [0.25, 0.3) is 6.08 Å². The number of ether oxygens (including phenoxy) is 1. The van der Waals surface area contributed by atoms with Crippen LogP contribution in [0.2, 0.25) is 10.0 Å². The lowest BCUT2D eigenvalue weighted by Gasteiger charge is -2.16. The number of rotatable bonds is 5. The smallest absolute Gasteiger partial charge is 0.281 e. The van der Waals surface area contributed by atoms with Gasteiger partial charge in [0.2, 0.25) is 0 Å². The first-order chi connectivity index (χ1) is 15.4. The van der Waals surface area contributed by atoms with Gasteiger partial charge in [0.05, 0.1) is 15.7 Å². The van der Waals surface area contributed by atoms with Crippen molar-refractivity contribution in [2.24, 2.45) is 0 Å². The second kappa shape index (κ2) is 9.28. The zero-order valence-electron chi connectivity index (χ0n) is 16.9. The first kappa shape index (κ1) is 22.3. The van der Waals surface area contributed by atoms with E-state index in [-0.39, 0.29) is 34.1 Å². The first-order valence-corrected chi connectivity index (χ1v) is 10.8. The maximum atomic E-state index is 13.8. The Balaban J connectivity index is 1.60. The van der Waals surface area contributed by atoms with Gasteiger partial charge < -0.3 is 9.64 Å². The number of anilines is 1. The molecule has 0 atom stereocenters. The molecule has 0 radical (unpaired) electrons. The molecule has 0 unspecified atom stereocenters. The maximum absolute atomic E-state index is 13.8. The average molecular weight is 487 g/mol. The molecule has 0 aromatic heterocycles. The number of thiocarbonyl (C=S) groups is 1. The minimum absolute atomic E-state index is 0.0198. The number of likely N-dealkylation sites (N-methyl/N-ethyl adjacent to an activating group) is 1. The Morgan fingerprint density at radius 1 is 1.03 bits per heavy atom. The highest BCUT2D eigenvalue weighted by Crippen LogP contribution is 2.36. The van der Waals surface area contributed by atoms with E-state index >= 15 is 0 Å². The van der Waals surface area contributed by atoms with Crippen molar-refractivity contribution in [2.75, 3.05) is 11.9 Å². The summed E-state index contributed by atoms with van der Waals surface area (Å²) in [7, 11) is 1.73. The summed E-state index contributed by atoms with van der Waals surface area (Å²) in [5, 5.41) is 0.863. The molecule has 8 heteroatoms. The van der Waals surface area contributed by atoms with Gasteiger partial charge >= 0.3 is 0 Å². The van der Waals surface area contributed by atoms with Crippen molar-refractivity contribution in [3.8, 4) is 5.75 Å². The van der Waals surface area contributed by atoms with Crippen LogP contribution in [0.5, 0.6) is 5.75 Å². The molecule has 4 nitrogen and oxygen atoms in total. The van der Waals surface area contributed by atoms with E-state index in [9.17, 15) is 9.18 Å². The molecular weight excluding hydrogens is 470 g/mol.